The van der Waals surface area contributed by atoms with Gasteiger partial charge in [-0.1, -0.05) is 15.9 Å². The maximum absolute atomic E-state index is 12.2. The van der Waals surface area contributed by atoms with Crippen molar-refractivity contribution in [1.82, 2.24) is 0 Å². The highest BCUT2D eigenvalue weighted by Gasteiger charge is 2.00. The Kier molecular flexibility index (Phi) is 5.09. The summed E-state index contributed by atoms with van der Waals surface area (Å²) in [5, 5.41) is 0.397. The van der Waals surface area contributed by atoms with Crippen LogP contribution in [0, 0.1) is 12.3 Å². The minimum Gasteiger partial charge on any atom is -0.247 e. The van der Waals surface area contributed by atoms with Crippen LogP contribution in [-0.4, -0.2) is 11.5 Å². The van der Waals surface area contributed by atoms with Gasteiger partial charge in [0.2, 0.25) is 0 Å². The van der Waals surface area contributed by atoms with Gasteiger partial charge in [-0.3, -0.25) is 0 Å². The van der Waals surface area contributed by atoms with Crippen LogP contribution in [0.2, 0.25) is 0 Å². The van der Waals surface area contributed by atoms with Gasteiger partial charge in [-0.15, -0.1) is 12.3 Å². The van der Waals surface area contributed by atoms with E-state index in [1.807, 2.05) is 0 Å². The van der Waals surface area contributed by atoms with Gasteiger partial charge < -0.3 is 0 Å². The van der Waals surface area contributed by atoms with Gasteiger partial charge >= 0.3 is 0 Å². The van der Waals surface area contributed by atoms with Gasteiger partial charge in [0, 0.05) is 11.8 Å². The Morgan fingerprint density at radius 1 is 1.75 bits per heavy atom. The molecule has 0 N–H and O–H groups in total. The molecule has 8 heavy (non-hydrogen) atoms. The van der Waals surface area contributed by atoms with Crippen molar-refractivity contribution in [3.05, 3.63) is 0 Å². The number of halogens is 2. The summed E-state index contributed by atoms with van der Waals surface area (Å²) in [5.74, 6) is 2.37. The summed E-state index contributed by atoms with van der Waals surface area (Å²) in [6.45, 7) is 0. The lowest BCUT2D eigenvalue weighted by molar-refractivity contribution is 0.352. The molecule has 0 heterocycles. The molecule has 0 aromatic heterocycles. The molecule has 0 saturated heterocycles. The molecule has 0 aromatic carbocycles. The Morgan fingerprint density at radius 2 is 2.38 bits per heavy atom. The van der Waals surface area contributed by atoms with E-state index in [-0.39, 0.29) is 0 Å². The third kappa shape index (κ3) is 4.14. The van der Waals surface area contributed by atoms with E-state index in [2.05, 4.69) is 21.9 Å². The zero-order valence-corrected chi connectivity index (χ0v) is 6.12. The topological polar surface area (TPSA) is 0 Å². The lowest BCUT2D eigenvalue weighted by Gasteiger charge is -1.96. The molecule has 0 spiro atoms. The minimum absolute atomic E-state index is 0.397. The maximum atomic E-state index is 12.2. The van der Waals surface area contributed by atoms with Crippen molar-refractivity contribution in [2.24, 2.45) is 0 Å². The van der Waals surface area contributed by atoms with Crippen molar-refractivity contribution in [3.8, 4) is 12.3 Å². The second-order valence-electron chi connectivity index (χ2n) is 1.49. The molecule has 0 saturated carbocycles. The van der Waals surface area contributed by atoms with Gasteiger partial charge in [-0.25, -0.2) is 4.39 Å². The van der Waals surface area contributed by atoms with E-state index in [9.17, 15) is 4.39 Å². The van der Waals surface area contributed by atoms with E-state index in [1.54, 1.807) is 0 Å². The van der Waals surface area contributed by atoms with Crippen molar-refractivity contribution in [2.75, 3.05) is 5.33 Å². The van der Waals surface area contributed by atoms with E-state index in [1.165, 1.54) is 0 Å². The second-order valence-corrected chi connectivity index (χ2v) is 2.14. The summed E-state index contributed by atoms with van der Waals surface area (Å²) >= 11 is 3.00. The lowest BCUT2D eigenvalue weighted by atomic mass is 10.2. The molecule has 0 aromatic rings. The number of hydrogen-bond donors (Lipinski definition) is 0. The molecule has 0 aliphatic carbocycles. The maximum Gasteiger partial charge on any atom is 0.111 e. The van der Waals surface area contributed by atoms with Gasteiger partial charge in [0.15, 0.2) is 0 Å². The van der Waals surface area contributed by atoms with Crippen molar-refractivity contribution in [1.29, 1.82) is 0 Å². The summed E-state index contributed by atoms with van der Waals surface area (Å²) in [4.78, 5) is 0. The highest BCUT2D eigenvalue weighted by molar-refractivity contribution is 9.09. The predicted octanol–water partition coefficient (Wildman–Crippen LogP) is 2.13. The van der Waals surface area contributed by atoms with Crippen LogP contribution in [0.1, 0.15) is 12.8 Å². The molecule has 0 fully saturated rings. The molecule has 0 nitrogen and oxygen atoms in total. The molecule has 0 radical (unpaired) electrons. The first kappa shape index (κ1) is 7.97. The lowest BCUT2D eigenvalue weighted by Crippen LogP contribution is -1.99. The fraction of sp³-hybridized carbons (Fsp3) is 0.667. The quantitative estimate of drug-likeness (QED) is 0.459. The molecule has 46 valence electrons. The molecule has 0 bridgehead atoms. The Bertz CT molecular complexity index is 85.0. The van der Waals surface area contributed by atoms with Gasteiger partial charge in [0.05, 0.1) is 0 Å². The zero-order chi connectivity index (χ0) is 6.41. The Balaban J connectivity index is 3.01. The molecule has 0 aliphatic rings. The molecule has 2 heteroatoms. The first-order chi connectivity index (χ1) is 3.81. The smallest absolute Gasteiger partial charge is 0.111 e. The van der Waals surface area contributed by atoms with Crippen LogP contribution in [0.15, 0.2) is 0 Å². The van der Waals surface area contributed by atoms with E-state index in [0.29, 0.717) is 18.2 Å². The number of terminal acetylenes is 1. The van der Waals surface area contributed by atoms with Crippen LogP contribution in [0.25, 0.3) is 0 Å². The van der Waals surface area contributed by atoms with E-state index >= 15 is 0 Å². The number of hydrogen-bond acceptors (Lipinski definition) is 0. The minimum atomic E-state index is -0.772. The van der Waals surface area contributed by atoms with E-state index < -0.39 is 6.17 Å². The summed E-state index contributed by atoms with van der Waals surface area (Å²) in [6.07, 6.45) is 5.14. The van der Waals surface area contributed by atoms with Crippen LogP contribution in [-0.2, 0) is 0 Å². The predicted molar refractivity (Wildman–Crippen MR) is 36.8 cm³/mol. The molecule has 1 atom stereocenters. The van der Waals surface area contributed by atoms with Gasteiger partial charge in [-0.2, -0.15) is 0 Å². The summed E-state index contributed by atoms with van der Waals surface area (Å²) in [6, 6.07) is 0. The van der Waals surface area contributed by atoms with Gasteiger partial charge in [0.1, 0.15) is 6.17 Å². The standard InChI is InChI=1S/C6H8BrF/c1-2-3-4-6(8)5-7/h1,6H,3-5H2. The van der Waals surface area contributed by atoms with Crippen LogP contribution in [0.4, 0.5) is 4.39 Å². The Hall–Kier alpha value is -0.0300. The monoisotopic (exact) mass is 178 g/mol. The molecular formula is C6H8BrF. The van der Waals surface area contributed by atoms with Crippen LogP contribution in [0.3, 0.4) is 0 Å². The van der Waals surface area contributed by atoms with Gasteiger partial charge in [-0.05, 0) is 6.42 Å². The second kappa shape index (κ2) is 5.11. The van der Waals surface area contributed by atoms with E-state index in [0.717, 1.165) is 0 Å². The SMILES string of the molecule is C#CCCC(F)CBr. The highest BCUT2D eigenvalue weighted by Crippen LogP contribution is 2.03. The summed E-state index contributed by atoms with van der Waals surface area (Å²) in [7, 11) is 0. The van der Waals surface area contributed by atoms with Crippen LogP contribution < -0.4 is 0 Å². The third-order valence-corrected chi connectivity index (χ3v) is 1.47. The van der Waals surface area contributed by atoms with Crippen molar-refractivity contribution < 1.29 is 4.39 Å². The first-order valence-electron chi connectivity index (χ1n) is 2.44. The molecule has 0 amide bonds. The highest BCUT2D eigenvalue weighted by atomic mass is 79.9. The van der Waals surface area contributed by atoms with Crippen molar-refractivity contribution in [3.63, 3.8) is 0 Å². The third-order valence-electron chi connectivity index (χ3n) is 0.769. The Labute approximate surface area is 57.6 Å². The number of rotatable bonds is 3. The van der Waals surface area contributed by atoms with Gasteiger partial charge in [0.25, 0.3) is 0 Å². The summed E-state index contributed by atoms with van der Waals surface area (Å²) < 4.78 is 12.2. The van der Waals surface area contributed by atoms with Crippen molar-refractivity contribution >= 4 is 15.9 Å². The Morgan fingerprint density at radius 3 is 2.75 bits per heavy atom. The normalized spacial score (nSPS) is 12.6. The average molecular weight is 179 g/mol. The summed E-state index contributed by atoms with van der Waals surface area (Å²) in [5.41, 5.74) is 0. The average Bonchev–Trinajstić information content (AvgIpc) is 1.83. The molecular weight excluding hydrogens is 171 g/mol. The van der Waals surface area contributed by atoms with Crippen LogP contribution >= 0.6 is 15.9 Å². The fourth-order valence-electron chi connectivity index (χ4n) is 0.317. The van der Waals surface area contributed by atoms with E-state index in [4.69, 9.17) is 6.42 Å². The molecule has 0 aliphatic heterocycles. The zero-order valence-electron chi connectivity index (χ0n) is 4.53. The molecule has 0 rings (SSSR count). The van der Waals surface area contributed by atoms with Crippen molar-refractivity contribution in [2.45, 2.75) is 19.0 Å². The number of alkyl halides is 2. The fourth-order valence-corrected chi connectivity index (χ4v) is 0.641. The molecule has 1 unspecified atom stereocenters. The first-order valence-corrected chi connectivity index (χ1v) is 3.57. The van der Waals surface area contributed by atoms with Crippen LogP contribution in [0.5, 0.6) is 0 Å². The largest absolute Gasteiger partial charge is 0.247 e.